The van der Waals surface area contributed by atoms with E-state index in [-0.39, 0.29) is 11.2 Å². The van der Waals surface area contributed by atoms with Gasteiger partial charge in [-0.2, -0.15) is 0 Å². The Morgan fingerprint density at radius 2 is 1.62 bits per heavy atom. The molecule has 120 valence electrons. The highest BCUT2D eigenvalue weighted by Gasteiger charge is 2.36. The molecule has 0 saturated heterocycles. The van der Waals surface area contributed by atoms with Crippen molar-refractivity contribution in [1.82, 2.24) is 0 Å². The molecule has 6 heteroatoms. The second-order valence-corrected chi connectivity index (χ2v) is 10.6. The number of sulfone groups is 1. The van der Waals surface area contributed by atoms with Crippen LogP contribution in [0.4, 0.5) is 0 Å². The lowest BCUT2D eigenvalue weighted by molar-refractivity contribution is 0.512. The molecule has 0 aliphatic rings. The summed E-state index contributed by atoms with van der Waals surface area (Å²) in [7, 11) is -3.16. The summed E-state index contributed by atoms with van der Waals surface area (Å²) in [5.74, 6) is 0.138. The molecular formula is C15H21Br2ClO2S. The molecule has 0 aromatic heterocycles. The highest BCUT2D eigenvalue weighted by atomic mass is 79.9. The van der Waals surface area contributed by atoms with E-state index in [2.05, 4.69) is 31.9 Å². The average molecular weight is 461 g/mol. The van der Waals surface area contributed by atoms with E-state index >= 15 is 0 Å². The van der Waals surface area contributed by atoms with Crippen LogP contribution in [0.2, 0.25) is 5.02 Å². The van der Waals surface area contributed by atoms with Crippen LogP contribution in [0, 0.1) is 0 Å². The second kappa shape index (κ2) is 7.33. The number of rotatable bonds is 6. The summed E-state index contributed by atoms with van der Waals surface area (Å²) >= 11 is 13.4. The Bertz CT molecular complexity index is 576. The van der Waals surface area contributed by atoms with Crippen LogP contribution in [0.1, 0.15) is 32.8 Å². The largest absolute Gasteiger partial charge is 0.228 e. The van der Waals surface area contributed by atoms with E-state index in [1.807, 2.05) is 24.3 Å². The number of halogens is 3. The third-order valence-electron chi connectivity index (χ3n) is 3.74. The molecule has 0 spiro atoms. The smallest absolute Gasteiger partial charge is 0.155 e. The Labute approximate surface area is 149 Å². The van der Waals surface area contributed by atoms with Gasteiger partial charge < -0.3 is 0 Å². The van der Waals surface area contributed by atoms with E-state index in [1.54, 1.807) is 20.8 Å². The minimum absolute atomic E-state index is 0.138. The summed E-state index contributed by atoms with van der Waals surface area (Å²) in [6.07, 6.45) is 0.521. The van der Waals surface area contributed by atoms with Crippen LogP contribution < -0.4 is 0 Å². The van der Waals surface area contributed by atoms with Gasteiger partial charge in [-0.1, -0.05) is 61.7 Å². The van der Waals surface area contributed by atoms with Crippen molar-refractivity contribution >= 4 is 53.3 Å². The molecule has 0 atom stereocenters. The molecule has 0 saturated carbocycles. The minimum Gasteiger partial charge on any atom is -0.228 e. The summed E-state index contributed by atoms with van der Waals surface area (Å²) in [6, 6.07) is 7.62. The zero-order valence-electron chi connectivity index (χ0n) is 12.5. The van der Waals surface area contributed by atoms with Crippen LogP contribution in [0.15, 0.2) is 24.3 Å². The number of hydrogen-bond donors (Lipinski definition) is 0. The van der Waals surface area contributed by atoms with Gasteiger partial charge >= 0.3 is 0 Å². The zero-order valence-corrected chi connectivity index (χ0v) is 17.2. The summed E-state index contributed by atoms with van der Waals surface area (Å²) in [5, 5.41) is 1.97. The highest BCUT2D eigenvalue weighted by Crippen LogP contribution is 2.37. The Hall–Kier alpha value is 0.420. The first-order chi connectivity index (χ1) is 9.59. The zero-order chi connectivity index (χ0) is 16.3. The molecular weight excluding hydrogens is 439 g/mol. The Balaban J connectivity index is 3.12. The fourth-order valence-electron chi connectivity index (χ4n) is 1.98. The van der Waals surface area contributed by atoms with Crippen LogP contribution in [-0.4, -0.2) is 29.6 Å². The normalized spacial score (nSPS) is 13.4. The molecule has 2 nitrogen and oxygen atoms in total. The Kier molecular flexibility index (Phi) is 6.79. The van der Waals surface area contributed by atoms with Crippen molar-refractivity contribution in [2.75, 3.05) is 16.4 Å². The van der Waals surface area contributed by atoms with Crippen molar-refractivity contribution in [3.63, 3.8) is 0 Å². The number of benzene rings is 1. The fraction of sp³-hybridized carbons (Fsp3) is 0.600. The highest BCUT2D eigenvalue weighted by molar-refractivity contribution is 9.09. The lowest BCUT2D eigenvalue weighted by Gasteiger charge is -2.32. The maximum Gasteiger partial charge on any atom is 0.155 e. The lowest BCUT2D eigenvalue weighted by atomic mass is 9.82. The molecule has 21 heavy (non-hydrogen) atoms. The van der Waals surface area contributed by atoms with E-state index in [1.165, 1.54) is 0 Å². The topological polar surface area (TPSA) is 34.1 Å². The van der Waals surface area contributed by atoms with Crippen molar-refractivity contribution in [3.05, 3.63) is 34.9 Å². The third kappa shape index (κ3) is 4.46. The molecule has 1 aromatic rings. The molecule has 1 rings (SSSR count). The SMILES string of the molecule is CC(C)(C)S(=O)(=O)CCC(CBr)(CBr)c1ccccc1Cl. The summed E-state index contributed by atoms with van der Waals surface area (Å²) in [4.78, 5) is 0. The van der Waals surface area contributed by atoms with Crippen LogP contribution in [-0.2, 0) is 15.3 Å². The van der Waals surface area contributed by atoms with Gasteiger partial charge in [-0.3, -0.25) is 0 Å². The summed E-state index contributed by atoms with van der Waals surface area (Å²) in [5.41, 5.74) is 0.640. The van der Waals surface area contributed by atoms with E-state index in [9.17, 15) is 8.42 Å². The molecule has 0 amide bonds. The lowest BCUT2D eigenvalue weighted by Crippen LogP contribution is -2.37. The Morgan fingerprint density at radius 3 is 2.05 bits per heavy atom. The van der Waals surface area contributed by atoms with Crippen molar-refractivity contribution in [3.8, 4) is 0 Å². The maximum atomic E-state index is 12.4. The monoisotopic (exact) mass is 458 g/mol. The molecule has 0 N–H and O–H groups in total. The van der Waals surface area contributed by atoms with Gasteiger partial charge in [0.2, 0.25) is 0 Å². The standard InChI is InChI=1S/C15H21Br2ClO2S/c1-14(2,3)21(19,20)9-8-15(10-16,11-17)12-6-4-5-7-13(12)18/h4-7H,8-11H2,1-3H3. The number of alkyl halides is 2. The predicted molar refractivity (Wildman–Crippen MR) is 98.9 cm³/mol. The van der Waals surface area contributed by atoms with E-state index in [4.69, 9.17) is 11.6 Å². The van der Waals surface area contributed by atoms with E-state index in [0.717, 1.165) is 5.56 Å². The van der Waals surface area contributed by atoms with Gasteiger partial charge in [0, 0.05) is 21.1 Å². The van der Waals surface area contributed by atoms with Gasteiger partial charge in [0.05, 0.1) is 10.5 Å². The minimum atomic E-state index is -3.16. The summed E-state index contributed by atoms with van der Waals surface area (Å²) < 4.78 is 24.0. The predicted octanol–water partition coefficient (Wildman–Crippen LogP) is 4.97. The first kappa shape index (κ1) is 19.5. The molecule has 0 fully saturated rings. The van der Waals surface area contributed by atoms with Crippen LogP contribution in [0.3, 0.4) is 0 Å². The number of hydrogen-bond acceptors (Lipinski definition) is 2. The van der Waals surface area contributed by atoms with E-state index < -0.39 is 14.6 Å². The molecule has 0 radical (unpaired) electrons. The van der Waals surface area contributed by atoms with Gasteiger partial charge in [-0.05, 0) is 38.8 Å². The van der Waals surface area contributed by atoms with Gasteiger partial charge in [-0.25, -0.2) is 8.42 Å². The molecule has 0 aliphatic carbocycles. The van der Waals surface area contributed by atoms with Crippen LogP contribution >= 0.6 is 43.5 Å². The van der Waals surface area contributed by atoms with Crippen molar-refractivity contribution in [2.24, 2.45) is 0 Å². The van der Waals surface area contributed by atoms with Gasteiger partial charge in [0.15, 0.2) is 9.84 Å². The average Bonchev–Trinajstić information content (AvgIpc) is 2.41. The second-order valence-electron chi connectivity index (χ2n) is 6.21. The Morgan fingerprint density at radius 1 is 1.10 bits per heavy atom. The third-order valence-corrected chi connectivity index (χ3v) is 8.82. The molecule has 0 unspecified atom stereocenters. The van der Waals surface area contributed by atoms with Gasteiger partial charge in [0.1, 0.15) is 0 Å². The van der Waals surface area contributed by atoms with Gasteiger partial charge in [-0.15, -0.1) is 0 Å². The van der Waals surface area contributed by atoms with Gasteiger partial charge in [0.25, 0.3) is 0 Å². The first-order valence-corrected chi connectivity index (χ1v) is 11.0. The molecule has 0 heterocycles. The summed E-state index contributed by atoms with van der Waals surface area (Å²) in [6.45, 7) is 5.21. The maximum absolute atomic E-state index is 12.4. The van der Waals surface area contributed by atoms with Crippen molar-refractivity contribution < 1.29 is 8.42 Å². The molecule has 0 aliphatic heterocycles. The van der Waals surface area contributed by atoms with Crippen LogP contribution in [0.5, 0.6) is 0 Å². The molecule has 1 aromatic carbocycles. The quantitative estimate of drug-likeness (QED) is 0.562. The first-order valence-electron chi connectivity index (χ1n) is 6.69. The van der Waals surface area contributed by atoms with Crippen molar-refractivity contribution in [1.29, 1.82) is 0 Å². The fourth-order valence-corrected chi connectivity index (χ4v) is 5.68. The molecule has 0 bridgehead atoms. The van der Waals surface area contributed by atoms with Crippen molar-refractivity contribution in [2.45, 2.75) is 37.4 Å². The van der Waals surface area contributed by atoms with E-state index in [0.29, 0.717) is 22.1 Å². The van der Waals surface area contributed by atoms with Crippen LogP contribution in [0.25, 0.3) is 0 Å².